The largest absolute Gasteiger partial charge is 1.00 e. The zero-order chi connectivity index (χ0) is 20.8. The third-order valence-electron chi connectivity index (χ3n) is 3.89. The number of rotatable bonds is 6. The van der Waals surface area contributed by atoms with Gasteiger partial charge in [-0.1, -0.05) is 6.92 Å². The van der Waals surface area contributed by atoms with Crippen molar-refractivity contribution in [1.29, 1.82) is 0 Å². The van der Waals surface area contributed by atoms with Crippen LogP contribution in [0.15, 0.2) is 48.8 Å². The number of anilines is 1. The molecule has 0 unspecified atom stereocenters. The number of benzene rings is 2. The number of imide groups is 1. The van der Waals surface area contributed by atoms with Crippen molar-refractivity contribution in [1.82, 2.24) is 15.3 Å². The van der Waals surface area contributed by atoms with Gasteiger partial charge in [-0.15, -0.1) is 0 Å². The summed E-state index contributed by atoms with van der Waals surface area (Å²) in [6.07, 6.45) is 3.75. The van der Waals surface area contributed by atoms with E-state index in [1.165, 1.54) is 36.5 Å². The van der Waals surface area contributed by atoms with Crippen LogP contribution in [0, 0.1) is 0 Å². The summed E-state index contributed by atoms with van der Waals surface area (Å²) in [6, 6.07) is 8.08. The Labute approximate surface area is 195 Å². The minimum absolute atomic E-state index is 0. The number of fused-ring (bicyclic) bond motifs is 1. The van der Waals surface area contributed by atoms with E-state index in [9.17, 15) is 19.5 Å². The molecular weight excluding hydrogens is 399 g/mol. The molecule has 1 heterocycles. The van der Waals surface area contributed by atoms with Crippen LogP contribution in [0.3, 0.4) is 0 Å². The molecular formula is C20H19N4NaO5. The quantitative estimate of drug-likeness (QED) is 0.487. The predicted octanol–water partition coefficient (Wildman–Crippen LogP) is 0.195. The normalized spacial score (nSPS) is 10.0. The van der Waals surface area contributed by atoms with E-state index < -0.39 is 17.9 Å². The van der Waals surface area contributed by atoms with E-state index in [0.29, 0.717) is 24.1 Å². The molecule has 2 aromatic carbocycles. The Balaban J connectivity index is 0.00000240. The number of carbonyl (C=O) groups is 3. The molecule has 1 aromatic heterocycles. The molecule has 9 nitrogen and oxygen atoms in total. The second-order valence-corrected chi connectivity index (χ2v) is 6.03. The summed E-state index contributed by atoms with van der Waals surface area (Å²) in [5, 5.41) is 13.9. The summed E-state index contributed by atoms with van der Waals surface area (Å²) in [5.74, 6) is -1.61. The number of carboxylic acids is 1. The van der Waals surface area contributed by atoms with E-state index in [0.717, 1.165) is 0 Å². The van der Waals surface area contributed by atoms with Crippen molar-refractivity contribution < 1.29 is 55.2 Å². The number of urea groups is 1. The summed E-state index contributed by atoms with van der Waals surface area (Å²) < 4.78 is 5.43. The van der Waals surface area contributed by atoms with Crippen LogP contribution in [-0.4, -0.2) is 39.6 Å². The summed E-state index contributed by atoms with van der Waals surface area (Å²) in [5.41, 5.74) is 1.68. The van der Waals surface area contributed by atoms with Crippen molar-refractivity contribution in [3.05, 3.63) is 59.9 Å². The van der Waals surface area contributed by atoms with Crippen molar-refractivity contribution in [2.75, 3.05) is 11.9 Å². The monoisotopic (exact) mass is 418 g/mol. The van der Waals surface area contributed by atoms with E-state index >= 15 is 0 Å². The van der Waals surface area contributed by atoms with Crippen LogP contribution in [-0.2, 0) is 0 Å². The van der Waals surface area contributed by atoms with Gasteiger partial charge in [0.25, 0.3) is 5.91 Å². The van der Waals surface area contributed by atoms with Crippen LogP contribution in [0.4, 0.5) is 10.5 Å². The summed E-state index contributed by atoms with van der Waals surface area (Å²) in [7, 11) is 0. The van der Waals surface area contributed by atoms with Crippen molar-refractivity contribution in [2.45, 2.75) is 13.3 Å². The summed E-state index contributed by atoms with van der Waals surface area (Å²) in [6.45, 7) is 2.22. The number of carboxylic acid groups (broad SMARTS) is 1. The Morgan fingerprint density at radius 3 is 2.50 bits per heavy atom. The van der Waals surface area contributed by atoms with Gasteiger partial charge in [-0.3, -0.25) is 20.1 Å². The number of aromatic nitrogens is 2. The maximum Gasteiger partial charge on any atom is 1.00 e. The number of nitrogens with one attached hydrogen (secondary N) is 2. The molecule has 3 N–H and O–H groups in total. The standard InChI is InChI=1S/C20H18N4O5.Na.H/c1-2-9-29-17-11-13(4-5-14(17)19(26)27)23-20(28)24-18(25)12-3-6-15-16(10-12)22-8-7-21-15;;/h3-8,10-11H,2,9H2,1H3,(H,26,27)(H2,23,24,25,28);;/q;+1;-1. The van der Waals surface area contributed by atoms with E-state index in [1.54, 1.807) is 12.3 Å². The van der Waals surface area contributed by atoms with Crippen LogP contribution in [0.5, 0.6) is 5.75 Å². The number of nitrogens with zero attached hydrogens (tertiary/aromatic N) is 2. The Hall–Kier alpha value is -3.01. The number of carbonyl (C=O) groups excluding carboxylic acids is 2. The van der Waals surface area contributed by atoms with Crippen LogP contribution in [0.2, 0.25) is 0 Å². The fourth-order valence-corrected chi connectivity index (χ4v) is 2.55. The van der Waals surface area contributed by atoms with Gasteiger partial charge in [0.1, 0.15) is 11.3 Å². The van der Waals surface area contributed by atoms with Gasteiger partial charge in [0, 0.05) is 29.7 Å². The van der Waals surface area contributed by atoms with Gasteiger partial charge in [0.15, 0.2) is 0 Å². The number of hydrogen-bond acceptors (Lipinski definition) is 6. The van der Waals surface area contributed by atoms with E-state index in [-0.39, 0.29) is 53.5 Å². The topological polar surface area (TPSA) is 131 Å². The molecule has 0 aliphatic carbocycles. The molecule has 0 aliphatic heterocycles. The third-order valence-corrected chi connectivity index (χ3v) is 3.89. The van der Waals surface area contributed by atoms with Crippen LogP contribution in [0.1, 0.15) is 35.5 Å². The van der Waals surface area contributed by atoms with Gasteiger partial charge < -0.3 is 16.6 Å². The summed E-state index contributed by atoms with van der Waals surface area (Å²) >= 11 is 0. The first-order valence-electron chi connectivity index (χ1n) is 8.81. The zero-order valence-corrected chi connectivity index (χ0v) is 18.5. The smallest absolute Gasteiger partial charge is 1.00 e. The maximum atomic E-state index is 12.3. The number of aromatic carboxylic acids is 1. The van der Waals surface area contributed by atoms with Crippen LogP contribution < -0.4 is 44.9 Å². The molecule has 3 aromatic rings. The Kier molecular flexibility index (Phi) is 8.28. The fourth-order valence-electron chi connectivity index (χ4n) is 2.55. The molecule has 0 spiro atoms. The Morgan fingerprint density at radius 1 is 1.07 bits per heavy atom. The molecule has 0 aliphatic rings. The number of hydrogen-bond donors (Lipinski definition) is 3. The van der Waals surface area contributed by atoms with Gasteiger partial charge in [0.2, 0.25) is 0 Å². The van der Waals surface area contributed by atoms with E-state index in [4.69, 9.17) is 4.74 Å². The average molecular weight is 418 g/mol. The molecule has 0 bridgehead atoms. The van der Waals surface area contributed by atoms with Crippen LogP contribution >= 0.6 is 0 Å². The third kappa shape index (κ3) is 5.76. The molecule has 10 heteroatoms. The average Bonchev–Trinajstić information content (AvgIpc) is 2.71. The van der Waals surface area contributed by atoms with Gasteiger partial charge >= 0.3 is 41.6 Å². The molecule has 0 saturated carbocycles. The van der Waals surface area contributed by atoms with Gasteiger partial charge in [-0.2, -0.15) is 0 Å². The SMILES string of the molecule is CCCOc1cc(NC(=O)NC(=O)c2ccc3nccnc3c2)ccc1C(=O)O.[H-].[Na+]. The van der Waals surface area contributed by atoms with Crippen molar-refractivity contribution >= 4 is 34.6 Å². The van der Waals surface area contributed by atoms with Gasteiger partial charge in [-0.05, 0) is 36.8 Å². The van der Waals surface area contributed by atoms with E-state index in [1.807, 2.05) is 6.92 Å². The van der Waals surface area contributed by atoms with Gasteiger partial charge in [-0.25, -0.2) is 9.59 Å². The molecule has 150 valence electrons. The number of amides is 3. The first-order chi connectivity index (χ1) is 14.0. The Bertz CT molecular complexity index is 1100. The fraction of sp³-hybridized carbons (Fsp3) is 0.150. The second-order valence-electron chi connectivity index (χ2n) is 6.03. The predicted molar refractivity (Wildman–Crippen MR) is 106 cm³/mol. The first kappa shape index (κ1) is 23.3. The molecule has 0 fully saturated rings. The molecule has 0 radical (unpaired) electrons. The van der Waals surface area contributed by atoms with Gasteiger partial charge in [0.05, 0.1) is 17.6 Å². The zero-order valence-electron chi connectivity index (χ0n) is 17.5. The van der Waals surface area contributed by atoms with Crippen molar-refractivity contribution in [3.8, 4) is 5.75 Å². The second kappa shape index (κ2) is 10.7. The first-order valence-corrected chi connectivity index (χ1v) is 8.81. The molecule has 0 saturated heterocycles. The van der Waals surface area contributed by atoms with Crippen molar-refractivity contribution in [3.63, 3.8) is 0 Å². The van der Waals surface area contributed by atoms with E-state index in [2.05, 4.69) is 20.6 Å². The van der Waals surface area contributed by atoms with Crippen LogP contribution in [0.25, 0.3) is 11.0 Å². The summed E-state index contributed by atoms with van der Waals surface area (Å²) in [4.78, 5) is 44.0. The number of ether oxygens (including phenoxy) is 1. The van der Waals surface area contributed by atoms with Crippen molar-refractivity contribution in [2.24, 2.45) is 0 Å². The molecule has 0 atom stereocenters. The Morgan fingerprint density at radius 2 is 1.80 bits per heavy atom. The molecule has 3 amide bonds. The minimum atomic E-state index is -1.14. The minimum Gasteiger partial charge on any atom is -1.00 e. The molecule has 30 heavy (non-hydrogen) atoms. The maximum absolute atomic E-state index is 12.3. The molecule has 3 rings (SSSR count).